The first-order chi connectivity index (χ1) is 11.1. The monoisotopic (exact) mass is 314 g/mol. The fraction of sp³-hybridized carbons (Fsp3) is 0.167. The molecule has 0 saturated carbocycles. The molecule has 2 aromatic carbocycles. The Labute approximate surface area is 134 Å². The van der Waals surface area contributed by atoms with E-state index in [0.717, 1.165) is 11.1 Å². The number of hydrogen-bond acceptors (Lipinski definition) is 3. The van der Waals surface area contributed by atoms with E-state index in [4.69, 9.17) is 10.5 Å². The third-order valence-corrected chi connectivity index (χ3v) is 3.26. The number of carbonyl (C=O) groups excluding carboxylic acids is 1. The number of alkyl carbamates (subject to hydrolysis) is 1. The van der Waals surface area contributed by atoms with E-state index in [0.29, 0.717) is 11.3 Å². The molecule has 23 heavy (non-hydrogen) atoms. The third kappa shape index (κ3) is 5.14. The van der Waals surface area contributed by atoms with Crippen LogP contribution in [0.25, 0.3) is 6.08 Å². The lowest BCUT2D eigenvalue weighted by molar-refractivity contribution is 0.141. The Kier molecular flexibility index (Phi) is 5.74. The summed E-state index contributed by atoms with van der Waals surface area (Å²) in [6.45, 7) is 2.27. The first kappa shape index (κ1) is 16.5. The van der Waals surface area contributed by atoms with Crippen LogP contribution in [0.15, 0.2) is 48.5 Å². The molecule has 0 saturated heterocycles. The molecule has 0 bridgehead atoms. The van der Waals surface area contributed by atoms with Crippen LogP contribution in [0.3, 0.4) is 0 Å². The van der Waals surface area contributed by atoms with Crippen molar-refractivity contribution in [3.8, 4) is 0 Å². The second kappa shape index (κ2) is 7.98. The van der Waals surface area contributed by atoms with Crippen LogP contribution in [0, 0.1) is 12.7 Å². The Morgan fingerprint density at radius 1 is 1.30 bits per heavy atom. The van der Waals surface area contributed by atoms with Crippen LogP contribution in [-0.4, -0.2) is 12.6 Å². The Balaban J connectivity index is 1.78. The minimum absolute atomic E-state index is 0.210. The van der Waals surface area contributed by atoms with Gasteiger partial charge in [0, 0.05) is 17.8 Å². The number of nitrogen functional groups attached to an aromatic ring is 1. The van der Waals surface area contributed by atoms with Crippen LogP contribution < -0.4 is 11.1 Å². The normalized spacial score (nSPS) is 10.7. The van der Waals surface area contributed by atoms with Crippen LogP contribution in [0.5, 0.6) is 0 Å². The number of anilines is 1. The Morgan fingerprint density at radius 2 is 2.04 bits per heavy atom. The molecule has 0 heterocycles. The van der Waals surface area contributed by atoms with E-state index in [1.807, 2.05) is 37.3 Å². The lowest BCUT2D eigenvalue weighted by Gasteiger charge is -2.05. The fourth-order valence-electron chi connectivity index (χ4n) is 1.95. The predicted molar refractivity (Wildman–Crippen MR) is 89.2 cm³/mol. The first-order valence-corrected chi connectivity index (χ1v) is 7.23. The van der Waals surface area contributed by atoms with Gasteiger partial charge in [0.2, 0.25) is 0 Å². The van der Waals surface area contributed by atoms with Crippen molar-refractivity contribution in [2.24, 2.45) is 0 Å². The average Bonchev–Trinajstić information content (AvgIpc) is 2.55. The number of aryl methyl sites for hydroxylation is 1. The zero-order valence-corrected chi connectivity index (χ0v) is 12.9. The highest BCUT2D eigenvalue weighted by Gasteiger charge is 2.03. The fourth-order valence-corrected chi connectivity index (χ4v) is 1.95. The van der Waals surface area contributed by atoms with Crippen LogP contribution in [0.2, 0.25) is 0 Å². The molecule has 0 spiro atoms. The summed E-state index contributed by atoms with van der Waals surface area (Å²) >= 11 is 0. The van der Waals surface area contributed by atoms with Crippen molar-refractivity contribution >= 4 is 17.9 Å². The highest BCUT2D eigenvalue weighted by Crippen LogP contribution is 2.18. The van der Waals surface area contributed by atoms with Gasteiger partial charge in [-0.05, 0) is 30.2 Å². The van der Waals surface area contributed by atoms with Crippen molar-refractivity contribution < 1.29 is 13.9 Å². The van der Waals surface area contributed by atoms with Crippen molar-refractivity contribution in [3.63, 3.8) is 0 Å². The molecule has 0 aliphatic rings. The maximum Gasteiger partial charge on any atom is 0.407 e. The zero-order chi connectivity index (χ0) is 16.7. The molecule has 0 fully saturated rings. The van der Waals surface area contributed by atoms with E-state index in [1.165, 1.54) is 6.07 Å². The van der Waals surface area contributed by atoms with Gasteiger partial charge in [0.05, 0.1) is 0 Å². The molecule has 0 atom stereocenters. The van der Waals surface area contributed by atoms with E-state index < -0.39 is 11.9 Å². The lowest BCUT2D eigenvalue weighted by atomic mass is 10.1. The second-order valence-corrected chi connectivity index (χ2v) is 5.08. The largest absolute Gasteiger partial charge is 0.445 e. The summed E-state index contributed by atoms with van der Waals surface area (Å²) in [6.07, 6.45) is 2.73. The van der Waals surface area contributed by atoms with Gasteiger partial charge in [0.25, 0.3) is 0 Å². The van der Waals surface area contributed by atoms with E-state index in [1.54, 1.807) is 18.2 Å². The Bertz CT molecular complexity index is 700. The summed E-state index contributed by atoms with van der Waals surface area (Å²) < 4.78 is 18.7. The molecule has 0 unspecified atom stereocenters. The lowest BCUT2D eigenvalue weighted by Crippen LogP contribution is -2.24. The maximum atomic E-state index is 13.7. The number of carbonyl (C=O) groups is 1. The van der Waals surface area contributed by atoms with Crippen LogP contribution in [0.4, 0.5) is 14.9 Å². The van der Waals surface area contributed by atoms with Crippen molar-refractivity contribution in [2.75, 3.05) is 12.3 Å². The average molecular weight is 314 g/mol. The maximum absolute atomic E-state index is 13.7. The number of nitrogens with one attached hydrogen (secondary N) is 1. The molecule has 2 aromatic rings. The highest BCUT2D eigenvalue weighted by atomic mass is 19.1. The minimum Gasteiger partial charge on any atom is -0.445 e. The van der Waals surface area contributed by atoms with E-state index in [2.05, 4.69) is 5.32 Å². The van der Waals surface area contributed by atoms with Gasteiger partial charge in [0.15, 0.2) is 0 Å². The predicted octanol–water partition coefficient (Wildman–Crippen LogP) is 3.66. The summed E-state index contributed by atoms with van der Waals surface area (Å²) in [4.78, 5) is 11.5. The van der Waals surface area contributed by atoms with Gasteiger partial charge in [-0.15, -0.1) is 0 Å². The van der Waals surface area contributed by atoms with Gasteiger partial charge in [-0.25, -0.2) is 9.18 Å². The van der Waals surface area contributed by atoms with Crippen LogP contribution >= 0.6 is 0 Å². The van der Waals surface area contributed by atoms with E-state index in [-0.39, 0.29) is 13.2 Å². The van der Waals surface area contributed by atoms with Crippen molar-refractivity contribution in [1.29, 1.82) is 0 Å². The molecule has 0 radical (unpaired) electrons. The van der Waals surface area contributed by atoms with Gasteiger partial charge < -0.3 is 15.8 Å². The molecular formula is C18H19FN2O2. The van der Waals surface area contributed by atoms with Crippen molar-refractivity contribution in [2.45, 2.75) is 13.5 Å². The summed E-state index contributed by atoms with van der Waals surface area (Å²) in [6, 6.07) is 12.3. The van der Waals surface area contributed by atoms with E-state index in [9.17, 15) is 9.18 Å². The summed E-state index contributed by atoms with van der Waals surface area (Å²) in [5.74, 6) is -0.393. The standard InChI is InChI=1S/C18H19FN2O2/c1-13-10-15(16(19)11-17(13)20)8-5-9-21-18(22)23-12-14-6-3-2-4-7-14/h2-8,10-11H,9,12,20H2,1H3,(H,21,22). The van der Waals surface area contributed by atoms with Crippen LogP contribution in [0.1, 0.15) is 16.7 Å². The molecule has 1 amide bonds. The third-order valence-electron chi connectivity index (χ3n) is 3.26. The number of hydrogen-bond donors (Lipinski definition) is 2. The summed E-state index contributed by atoms with van der Waals surface area (Å²) in [7, 11) is 0. The summed E-state index contributed by atoms with van der Waals surface area (Å²) in [5, 5.41) is 2.57. The molecule has 120 valence electrons. The molecule has 0 aliphatic heterocycles. The number of nitrogens with two attached hydrogens (primary N) is 1. The number of amides is 1. The Hall–Kier alpha value is -2.82. The smallest absolute Gasteiger partial charge is 0.407 e. The second-order valence-electron chi connectivity index (χ2n) is 5.08. The zero-order valence-electron chi connectivity index (χ0n) is 12.9. The quantitative estimate of drug-likeness (QED) is 0.828. The number of rotatable bonds is 5. The molecule has 4 nitrogen and oxygen atoms in total. The minimum atomic E-state index is -0.521. The molecular weight excluding hydrogens is 295 g/mol. The van der Waals surface area contributed by atoms with Crippen LogP contribution in [-0.2, 0) is 11.3 Å². The molecule has 0 aliphatic carbocycles. The van der Waals surface area contributed by atoms with Gasteiger partial charge in [-0.3, -0.25) is 0 Å². The molecule has 0 aromatic heterocycles. The highest BCUT2D eigenvalue weighted by molar-refractivity contribution is 5.67. The number of benzene rings is 2. The van der Waals surface area contributed by atoms with Crippen molar-refractivity contribution in [1.82, 2.24) is 5.32 Å². The molecule has 3 N–H and O–H groups in total. The van der Waals surface area contributed by atoms with E-state index >= 15 is 0 Å². The first-order valence-electron chi connectivity index (χ1n) is 7.23. The van der Waals surface area contributed by atoms with Gasteiger partial charge in [-0.2, -0.15) is 0 Å². The van der Waals surface area contributed by atoms with Gasteiger partial charge >= 0.3 is 6.09 Å². The van der Waals surface area contributed by atoms with Gasteiger partial charge in [-0.1, -0.05) is 42.5 Å². The molecule has 2 rings (SSSR count). The number of halogens is 1. The Morgan fingerprint density at radius 3 is 2.78 bits per heavy atom. The van der Waals surface area contributed by atoms with Crippen molar-refractivity contribution in [3.05, 3.63) is 71.0 Å². The molecule has 5 heteroatoms. The SMILES string of the molecule is Cc1cc(C=CCNC(=O)OCc2ccccc2)c(F)cc1N. The topological polar surface area (TPSA) is 64.3 Å². The summed E-state index contributed by atoms with van der Waals surface area (Å²) in [5.41, 5.74) is 8.19. The number of ether oxygens (including phenoxy) is 1. The van der Waals surface area contributed by atoms with Gasteiger partial charge in [0.1, 0.15) is 12.4 Å².